The van der Waals surface area contributed by atoms with E-state index in [0.717, 1.165) is 13.8 Å². The van der Waals surface area contributed by atoms with Gasteiger partial charge in [0.15, 0.2) is 0 Å². The van der Waals surface area contributed by atoms with Crippen LogP contribution in [0.15, 0.2) is 0 Å². The van der Waals surface area contributed by atoms with Crippen LogP contribution in [0, 0.1) is 0 Å². The number of aliphatic carboxylic acids is 2. The number of aliphatic hydroxyl groups is 1. The molecule has 0 radical (unpaired) electrons. The summed E-state index contributed by atoms with van der Waals surface area (Å²) in [5, 5.41) is 25.7. The van der Waals surface area contributed by atoms with E-state index in [0.29, 0.717) is 6.61 Å². The number of carbonyl (C=O) groups excluding carboxylic acids is 2. The summed E-state index contributed by atoms with van der Waals surface area (Å²) in [7, 11) is 1.55. The Labute approximate surface area is 95.6 Å². The van der Waals surface area contributed by atoms with Gasteiger partial charge in [0.1, 0.15) is 0 Å². The zero-order valence-corrected chi connectivity index (χ0v) is 11.6. The fraction of sp³-hybridized carbons (Fsp3) is 0.714. The smallest absolute Gasteiger partial charge is 0.550 e. The Kier molecular flexibility index (Phi) is 38.2. The fourth-order valence-corrected chi connectivity index (χ4v) is 0.0913. The topological polar surface area (TPSA) is 110 Å². The molecule has 0 bridgehead atoms. The van der Waals surface area contributed by atoms with Crippen molar-refractivity contribution in [2.24, 2.45) is 0 Å². The fourth-order valence-electron chi connectivity index (χ4n) is 0.0913. The van der Waals surface area contributed by atoms with E-state index in [1.165, 1.54) is 0 Å². The summed E-state index contributed by atoms with van der Waals surface area (Å²) in [6.45, 7) is 2.51. The number of carboxylic acid groups (broad SMARTS) is 2. The Morgan fingerprint density at radius 3 is 1.43 bits per heavy atom. The number of methoxy groups -OCH3 is 1. The average molecular weight is 260 g/mol. The zero-order valence-electron chi connectivity index (χ0n) is 8.61. The number of hydrogen-bond acceptors (Lipinski definition) is 6. The van der Waals surface area contributed by atoms with Gasteiger partial charge in [-0.05, 0) is 13.8 Å². The summed E-state index contributed by atoms with van der Waals surface area (Å²) in [6, 6.07) is 0. The number of hydrogen-bond donors (Lipinski definition) is 1. The zero-order chi connectivity index (χ0) is 11.3. The molecule has 0 amide bonds. The molecule has 0 aliphatic rings. The standard InChI is InChI=1S/C3H8O2.2C2H4O2.Zn/c1-5-3-2-4;2*1-2(3)4;/h4H,2-3H2,1H3;2*1H3,(H,3,4);/q;;;+2/p-2. The van der Waals surface area contributed by atoms with Crippen LogP contribution < -0.4 is 10.2 Å². The Balaban J connectivity index is -0.0000000522. The number of ether oxygens (including phenoxy) is 1. The van der Waals surface area contributed by atoms with Crippen LogP contribution in [0.5, 0.6) is 0 Å². The molecule has 0 saturated carbocycles. The van der Waals surface area contributed by atoms with Gasteiger partial charge in [0, 0.05) is 19.0 Å². The molecule has 0 aliphatic carbocycles. The van der Waals surface area contributed by atoms with E-state index in [4.69, 9.17) is 24.9 Å². The molecule has 7 heteroatoms. The van der Waals surface area contributed by atoms with Crippen molar-refractivity contribution in [3.05, 3.63) is 0 Å². The van der Waals surface area contributed by atoms with E-state index in [9.17, 15) is 0 Å². The molecule has 80 valence electrons. The second-order valence-electron chi connectivity index (χ2n) is 1.70. The Bertz CT molecular complexity index is 105. The minimum absolute atomic E-state index is 0. The van der Waals surface area contributed by atoms with Crippen molar-refractivity contribution >= 4 is 11.9 Å². The van der Waals surface area contributed by atoms with Crippen molar-refractivity contribution in [3.63, 3.8) is 0 Å². The molecule has 0 rings (SSSR count). The third-order valence-corrected chi connectivity index (χ3v) is 0.295. The molecule has 0 unspecified atom stereocenters. The summed E-state index contributed by atoms with van der Waals surface area (Å²) in [6.07, 6.45) is 0. The third-order valence-electron chi connectivity index (χ3n) is 0.295. The van der Waals surface area contributed by atoms with Crippen molar-refractivity contribution in [1.82, 2.24) is 0 Å². The molecular formula is C7H14O6Zn. The van der Waals surface area contributed by atoms with Crippen molar-refractivity contribution in [2.45, 2.75) is 13.8 Å². The minimum atomic E-state index is -1.08. The molecule has 0 saturated heterocycles. The summed E-state index contributed by atoms with van der Waals surface area (Å²) >= 11 is 0. The largest absolute Gasteiger partial charge is 2.00 e. The summed E-state index contributed by atoms with van der Waals surface area (Å²) in [4.78, 5) is 17.8. The summed E-state index contributed by atoms with van der Waals surface area (Å²) in [5.41, 5.74) is 0. The first-order valence-corrected chi connectivity index (χ1v) is 3.33. The van der Waals surface area contributed by atoms with Crippen LogP contribution in [-0.4, -0.2) is 37.4 Å². The van der Waals surface area contributed by atoms with Crippen LogP contribution in [-0.2, 0) is 33.8 Å². The van der Waals surface area contributed by atoms with E-state index in [1.54, 1.807) is 7.11 Å². The summed E-state index contributed by atoms with van der Waals surface area (Å²) < 4.78 is 4.44. The second kappa shape index (κ2) is 22.9. The number of carbonyl (C=O) groups is 2. The van der Waals surface area contributed by atoms with E-state index in [2.05, 4.69) is 4.74 Å². The van der Waals surface area contributed by atoms with Crippen LogP contribution in [0.2, 0.25) is 0 Å². The van der Waals surface area contributed by atoms with Gasteiger partial charge in [-0.15, -0.1) is 0 Å². The normalized spacial score (nSPS) is 6.57. The minimum Gasteiger partial charge on any atom is -0.550 e. The van der Waals surface area contributed by atoms with E-state index in [-0.39, 0.29) is 26.1 Å². The van der Waals surface area contributed by atoms with Crippen LogP contribution >= 0.6 is 0 Å². The Hall–Kier alpha value is -0.517. The third kappa shape index (κ3) is 574. The first kappa shape index (κ1) is 23.4. The van der Waals surface area contributed by atoms with Gasteiger partial charge < -0.3 is 29.6 Å². The van der Waals surface area contributed by atoms with Gasteiger partial charge in [-0.1, -0.05) is 0 Å². The number of rotatable bonds is 2. The molecule has 14 heavy (non-hydrogen) atoms. The van der Waals surface area contributed by atoms with Crippen LogP contribution in [0.4, 0.5) is 0 Å². The molecule has 6 nitrogen and oxygen atoms in total. The first-order valence-electron chi connectivity index (χ1n) is 3.33. The molecule has 1 N–H and O–H groups in total. The predicted molar refractivity (Wildman–Crippen MR) is 40.3 cm³/mol. The van der Waals surface area contributed by atoms with Gasteiger partial charge in [-0.3, -0.25) is 0 Å². The molecule has 0 aromatic heterocycles. The predicted octanol–water partition coefficient (Wildman–Crippen LogP) is -2.86. The molecule has 0 atom stereocenters. The number of carboxylic acids is 2. The maximum Gasteiger partial charge on any atom is 2.00 e. The Morgan fingerprint density at radius 2 is 1.43 bits per heavy atom. The molecule has 0 heterocycles. The van der Waals surface area contributed by atoms with Gasteiger partial charge in [-0.25, -0.2) is 0 Å². The average Bonchev–Trinajstić information content (AvgIpc) is 1.86. The molecular weight excluding hydrogens is 245 g/mol. The van der Waals surface area contributed by atoms with Crippen molar-refractivity contribution in [3.8, 4) is 0 Å². The van der Waals surface area contributed by atoms with Gasteiger partial charge in [0.25, 0.3) is 0 Å². The van der Waals surface area contributed by atoms with Crippen LogP contribution in [0.1, 0.15) is 13.8 Å². The molecule has 0 aliphatic heterocycles. The van der Waals surface area contributed by atoms with Crippen molar-refractivity contribution in [1.29, 1.82) is 0 Å². The Morgan fingerprint density at radius 1 is 1.21 bits per heavy atom. The van der Waals surface area contributed by atoms with Crippen LogP contribution in [0.3, 0.4) is 0 Å². The maximum atomic E-state index is 8.89. The van der Waals surface area contributed by atoms with Crippen molar-refractivity contribution < 1.29 is 49.1 Å². The maximum absolute atomic E-state index is 8.89. The van der Waals surface area contributed by atoms with Gasteiger partial charge in [0.05, 0.1) is 13.2 Å². The SMILES string of the molecule is CC(=O)[O-].CC(=O)[O-].COCCO.[Zn+2]. The number of aliphatic hydroxyl groups excluding tert-OH is 1. The molecule has 0 fully saturated rings. The second-order valence-corrected chi connectivity index (χ2v) is 1.70. The van der Waals surface area contributed by atoms with Gasteiger partial charge in [0.2, 0.25) is 0 Å². The molecule has 0 aromatic carbocycles. The van der Waals surface area contributed by atoms with Crippen LogP contribution in [0.25, 0.3) is 0 Å². The van der Waals surface area contributed by atoms with Gasteiger partial charge in [-0.2, -0.15) is 0 Å². The van der Waals surface area contributed by atoms with E-state index >= 15 is 0 Å². The van der Waals surface area contributed by atoms with Gasteiger partial charge >= 0.3 is 19.5 Å². The molecule has 0 spiro atoms. The van der Waals surface area contributed by atoms with Crippen molar-refractivity contribution in [2.75, 3.05) is 20.3 Å². The van der Waals surface area contributed by atoms with E-state index < -0.39 is 11.9 Å². The first-order chi connectivity index (χ1) is 5.88. The van der Waals surface area contributed by atoms with E-state index in [1.807, 2.05) is 0 Å². The quantitative estimate of drug-likeness (QED) is 0.534. The summed E-state index contributed by atoms with van der Waals surface area (Å²) in [5.74, 6) is -2.17. The molecule has 0 aromatic rings. The monoisotopic (exact) mass is 258 g/mol.